The van der Waals surface area contributed by atoms with Gasteiger partial charge in [-0.2, -0.15) is 0 Å². The minimum atomic E-state index is -0.521. The number of benzene rings is 1. The van der Waals surface area contributed by atoms with E-state index in [1.54, 1.807) is 4.90 Å². The molecule has 2 amide bonds. The number of ether oxygens (including phenoxy) is 1. The van der Waals surface area contributed by atoms with Gasteiger partial charge in [-0.15, -0.1) is 0 Å². The van der Waals surface area contributed by atoms with Crippen LogP contribution in [0.4, 0.5) is 4.79 Å². The van der Waals surface area contributed by atoms with Gasteiger partial charge in [0.1, 0.15) is 5.60 Å². The molecule has 0 radical (unpaired) electrons. The van der Waals surface area contributed by atoms with E-state index < -0.39 is 5.60 Å². The topological polar surface area (TPSA) is 62.7 Å². The number of nitrogens with zero attached hydrogens (tertiary/aromatic N) is 3. The maximum absolute atomic E-state index is 13.3. The van der Waals surface area contributed by atoms with E-state index in [4.69, 9.17) is 21.3 Å². The number of rotatable bonds is 1. The Labute approximate surface area is 187 Å². The molecule has 7 heteroatoms. The first-order chi connectivity index (χ1) is 14.7. The Morgan fingerprint density at radius 3 is 2.55 bits per heavy atom. The first-order valence-electron chi connectivity index (χ1n) is 11.1. The molecule has 2 bridgehead atoms. The van der Waals surface area contributed by atoms with Crippen LogP contribution in [0.3, 0.4) is 0 Å². The van der Waals surface area contributed by atoms with Crippen molar-refractivity contribution in [3.63, 3.8) is 0 Å². The summed E-state index contributed by atoms with van der Waals surface area (Å²) in [5.41, 5.74) is 3.14. The van der Waals surface area contributed by atoms with Crippen LogP contribution in [-0.2, 0) is 17.6 Å². The largest absolute Gasteiger partial charge is 0.444 e. The zero-order chi connectivity index (χ0) is 21.9. The monoisotopic (exact) mass is 441 g/mol. The summed E-state index contributed by atoms with van der Waals surface area (Å²) in [5, 5.41) is 1.70. The van der Waals surface area contributed by atoms with Crippen molar-refractivity contribution < 1.29 is 14.3 Å². The minimum Gasteiger partial charge on any atom is -0.444 e. The van der Waals surface area contributed by atoms with Gasteiger partial charge >= 0.3 is 6.09 Å². The molecule has 164 valence electrons. The van der Waals surface area contributed by atoms with E-state index in [0.717, 1.165) is 53.7 Å². The number of fused-ring (bicyclic) bond motifs is 4. The summed E-state index contributed by atoms with van der Waals surface area (Å²) in [7, 11) is 0. The molecule has 3 fully saturated rings. The number of hydrogen-bond donors (Lipinski definition) is 0. The zero-order valence-electron chi connectivity index (χ0n) is 18.3. The van der Waals surface area contributed by atoms with E-state index in [1.165, 1.54) is 5.56 Å². The molecule has 4 aliphatic rings. The molecule has 2 unspecified atom stereocenters. The van der Waals surface area contributed by atoms with Crippen molar-refractivity contribution in [1.29, 1.82) is 0 Å². The highest BCUT2D eigenvalue weighted by Gasteiger charge is 2.49. The van der Waals surface area contributed by atoms with Crippen LogP contribution in [0.5, 0.6) is 0 Å². The summed E-state index contributed by atoms with van der Waals surface area (Å²) in [6.45, 7) is 6.62. The molecule has 2 atom stereocenters. The van der Waals surface area contributed by atoms with Crippen LogP contribution in [0, 0.1) is 0 Å². The lowest BCUT2D eigenvalue weighted by atomic mass is 9.86. The van der Waals surface area contributed by atoms with Crippen molar-refractivity contribution in [2.24, 2.45) is 0 Å². The lowest BCUT2D eigenvalue weighted by Gasteiger charge is -2.56. The number of hydrogen-bond acceptors (Lipinski definition) is 4. The predicted molar refractivity (Wildman–Crippen MR) is 120 cm³/mol. The maximum atomic E-state index is 13.3. The van der Waals surface area contributed by atoms with Gasteiger partial charge in [-0.1, -0.05) is 17.7 Å². The van der Waals surface area contributed by atoms with Crippen molar-refractivity contribution in [1.82, 2.24) is 14.8 Å². The summed E-state index contributed by atoms with van der Waals surface area (Å²) >= 11 is 6.68. The molecule has 2 aromatic rings. The molecule has 31 heavy (non-hydrogen) atoms. The average Bonchev–Trinajstić information content (AvgIpc) is 2.72. The van der Waals surface area contributed by atoms with Crippen molar-refractivity contribution in [3.8, 4) is 0 Å². The van der Waals surface area contributed by atoms with E-state index in [2.05, 4.69) is 0 Å². The van der Waals surface area contributed by atoms with Gasteiger partial charge in [0.15, 0.2) is 0 Å². The van der Waals surface area contributed by atoms with Crippen LogP contribution in [0.15, 0.2) is 18.2 Å². The summed E-state index contributed by atoms with van der Waals surface area (Å²) in [5.74, 6) is 0.00244. The Bertz CT molecular complexity index is 1070. The fourth-order valence-corrected chi connectivity index (χ4v) is 5.43. The first kappa shape index (κ1) is 20.6. The zero-order valence-corrected chi connectivity index (χ0v) is 19.0. The third-order valence-electron chi connectivity index (χ3n) is 6.52. The minimum absolute atomic E-state index is 0.00244. The third-order valence-corrected chi connectivity index (χ3v) is 6.95. The SMILES string of the molecule is CC(C)(C)OC(=O)N1CC2CC(C1)N2C(=O)c1ccc2c(Cl)c3c(nc2c1)CCCC3. The predicted octanol–water partition coefficient (Wildman–Crippen LogP) is 4.60. The smallest absolute Gasteiger partial charge is 0.410 e. The lowest BCUT2D eigenvalue weighted by Crippen LogP contribution is -2.71. The van der Waals surface area contributed by atoms with E-state index >= 15 is 0 Å². The average molecular weight is 442 g/mol. The molecule has 0 saturated carbocycles. The fraction of sp³-hybridized carbons (Fsp3) is 0.542. The number of aromatic nitrogens is 1. The molecule has 0 spiro atoms. The Morgan fingerprint density at radius 2 is 1.84 bits per heavy atom. The van der Waals surface area contributed by atoms with Crippen molar-refractivity contribution in [3.05, 3.63) is 40.0 Å². The van der Waals surface area contributed by atoms with Gasteiger partial charge < -0.3 is 14.5 Å². The number of carbonyl (C=O) groups is 2. The number of aryl methyl sites for hydroxylation is 1. The Morgan fingerprint density at radius 1 is 1.13 bits per heavy atom. The van der Waals surface area contributed by atoms with Gasteiger partial charge in [-0.05, 0) is 70.6 Å². The van der Waals surface area contributed by atoms with Crippen molar-refractivity contribution in [2.75, 3.05) is 13.1 Å². The highest BCUT2D eigenvalue weighted by atomic mass is 35.5. The molecule has 1 aromatic heterocycles. The van der Waals surface area contributed by atoms with Crippen LogP contribution in [0.2, 0.25) is 5.02 Å². The number of pyridine rings is 1. The molecule has 1 aliphatic carbocycles. The van der Waals surface area contributed by atoms with Gasteiger partial charge in [-0.25, -0.2) is 4.79 Å². The molecule has 4 heterocycles. The van der Waals surface area contributed by atoms with Crippen LogP contribution in [-0.4, -0.2) is 57.6 Å². The van der Waals surface area contributed by atoms with Gasteiger partial charge in [0.05, 0.1) is 22.6 Å². The molecule has 1 aromatic carbocycles. The second-order valence-electron chi connectivity index (χ2n) is 9.93. The molecule has 6 nitrogen and oxygen atoms in total. The van der Waals surface area contributed by atoms with Gasteiger partial charge in [-0.3, -0.25) is 9.78 Å². The maximum Gasteiger partial charge on any atom is 0.410 e. The van der Waals surface area contributed by atoms with E-state index in [9.17, 15) is 9.59 Å². The van der Waals surface area contributed by atoms with Crippen molar-refractivity contribution in [2.45, 2.75) is 70.6 Å². The second kappa shape index (κ2) is 7.37. The highest BCUT2D eigenvalue weighted by molar-refractivity contribution is 6.36. The van der Waals surface area contributed by atoms with Crippen LogP contribution in [0.25, 0.3) is 10.9 Å². The summed E-state index contributed by atoms with van der Waals surface area (Å²) < 4.78 is 5.49. The Kier molecular flexibility index (Phi) is 4.88. The Hall–Kier alpha value is -2.34. The molecule has 0 N–H and O–H groups in total. The number of halogens is 1. The van der Waals surface area contributed by atoms with E-state index in [1.807, 2.05) is 43.9 Å². The number of carbonyl (C=O) groups excluding carboxylic acids is 2. The normalized spacial score (nSPS) is 22.7. The first-order valence-corrected chi connectivity index (χ1v) is 11.5. The second-order valence-corrected chi connectivity index (χ2v) is 10.3. The van der Waals surface area contributed by atoms with E-state index in [-0.39, 0.29) is 24.1 Å². The fourth-order valence-electron chi connectivity index (χ4n) is 5.07. The Balaban J connectivity index is 1.35. The van der Waals surface area contributed by atoms with Gasteiger partial charge in [0.25, 0.3) is 5.91 Å². The van der Waals surface area contributed by atoms with Crippen LogP contribution < -0.4 is 0 Å². The summed E-state index contributed by atoms with van der Waals surface area (Å²) in [6, 6.07) is 5.73. The molecule has 3 saturated heterocycles. The van der Waals surface area contributed by atoms with Crippen LogP contribution in [0.1, 0.15) is 61.6 Å². The molecule has 6 rings (SSSR count). The standard InChI is InChI=1S/C24H28ClN3O3/c1-24(2,3)31-23(30)27-12-15-11-16(13-27)28(15)22(29)14-8-9-18-20(10-14)26-19-7-5-4-6-17(19)21(18)25/h8-10,15-16H,4-7,11-13H2,1-3H3. The quantitative estimate of drug-likeness (QED) is 0.648. The summed E-state index contributed by atoms with van der Waals surface area (Å²) in [6.07, 6.45) is 4.82. The number of piperidine rings is 1. The molecular formula is C24H28ClN3O3. The molecule has 3 aliphatic heterocycles. The van der Waals surface area contributed by atoms with E-state index in [0.29, 0.717) is 18.7 Å². The molecular weight excluding hydrogens is 414 g/mol. The highest BCUT2D eigenvalue weighted by Crippen LogP contribution is 2.36. The number of amides is 2. The van der Waals surface area contributed by atoms with Crippen LogP contribution >= 0.6 is 11.6 Å². The van der Waals surface area contributed by atoms with Gasteiger partial charge in [0, 0.05) is 29.7 Å². The third kappa shape index (κ3) is 3.65. The lowest BCUT2D eigenvalue weighted by molar-refractivity contribution is -0.0558. The van der Waals surface area contributed by atoms with Gasteiger partial charge in [0.2, 0.25) is 0 Å². The summed E-state index contributed by atoms with van der Waals surface area (Å²) in [4.78, 5) is 34.2. The number of piperazine rings is 1. The van der Waals surface area contributed by atoms with Crippen molar-refractivity contribution >= 4 is 34.5 Å².